The zero-order valence-corrected chi connectivity index (χ0v) is 14.3. The maximum atomic E-state index is 12.3. The van der Waals surface area contributed by atoms with E-state index in [9.17, 15) is 4.79 Å². The van der Waals surface area contributed by atoms with Crippen molar-refractivity contribution in [3.05, 3.63) is 63.7 Å². The first-order chi connectivity index (χ1) is 10.5. The normalized spacial score (nSPS) is 10.9. The number of benzene rings is 2. The lowest BCUT2D eigenvalue weighted by atomic mass is 10.2. The van der Waals surface area contributed by atoms with Gasteiger partial charge in [0.15, 0.2) is 0 Å². The van der Waals surface area contributed by atoms with Crippen molar-refractivity contribution in [2.75, 3.05) is 5.32 Å². The number of para-hydroxylation sites is 1. The molecule has 0 radical (unpaired) electrons. The van der Waals surface area contributed by atoms with Crippen molar-refractivity contribution in [1.82, 2.24) is 4.57 Å². The Kier molecular flexibility index (Phi) is 4.23. The fraction of sp³-hybridized carbons (Fsp3) is 0.118. The molecule has 1 heterocycles. The lowest BCUT2D eigenvalue weighted by molar-refractivity contribution is -0.116. The number of carbonyl (C=O) groups is 1. The van der Waals surface area contributed by atoms with E-state index in [-0.39, 0.29) is 12.5 Å². The molecule has 3 aromatic rings. The Morgan fingerprint density at radius 2 is 2.00 bits per heavy atom. The zero-order chi connectivity index (χ0) is 15.7. The van der Waals surface area contributed by atoms with Crippen molar-refractivity contribution >= 4 is 50.0 Å². The molecule has 0 unspecified atom stereocenters. The highest BCUT2D eigenvalue weighted by Crippen LogP contribution is 2.25. The second-order valence-corrected chi connectivity index (χ2v) is 6.37. The molecule has 0 fully saturated rings. The van der Waals surface area contributed by atoms with Gasteiger partial charge in [0.2, 0.25) is 5.91 Å². The standard InChI is InChI=1S/C17H14BrClN2O/c1-11-8-12-4-2-3-5-16(12)21(11)10-17(22)20-13-6-7-14(18)15(19)9-13/h2-9H,10H2,1H3,(H,20,22). The van der Waals surface area contributed by atoms with Gasteiger partial charge in [-0.3, -0.25) is 4.79 Å². The highest BCUT2D eigenvalue weighted by molar-refractivity contribution is 9.10. The summed E-state index contributed by atoms with van der Waals surface area (Å²) in [5.74, 6) is -0.0807. The van der Waals surface area contributed by atoms with Gasteiger partial charge in [-0.15, -0.1) is 0 Å². The lowest BCUT2D eigenvalue weighted by Crippen LogP contribution is -2.19. The molecule has 2 aromatic carbocycles. The minimum Gasteiger partial charge on any atom is -0.335 e. The first kappa shape index (κ1) is 15.1. The van der Waals surface area contributed by atoms with Crippen LogP contribution >= 0.6 is 27.5 Å². The Morgan fingerprint density at radius 1 is 1.23 bits per heavy atom. The van der Waals surface area contributed by atoms with Crippen LogP contribution in [-0.2, 0) is 11.3 Å². The van der Waals surface area contributed by atoms with Gasteiger partial charge in [0, 0.05) is 21.4 Å². The smallest absolute Gasteiger partial charge is 0.244 e. The summed E-state index contributed by atoms with van der Waals surface area (Å²) in [4.78, 5) is 12.3. The van der Waals surface area contributed by atoms with Gasteiger partial charge in [0.25, 0.3) is 0 Å². The minimum absolute atomic E-state index is 0.0807. The average Bonchev–Trinajstić information content (AvgIpc) is 2.79. The first-order valence-electron chi connectivity index (χ1n) is 6.84. The van der Waals surface area contributed by atoms with E-state index in [1.165, 1.54) is 0 Å². The van der Waals surface area contributed by atoms with Crippen LogP contribution in [0.2, 0.25) is 5.02 Å². The molecule has 0 spiro atoms. The molecule has 3 rings (SSSR count). The third-order valence-corrected chi connectivity index (χ3v) is 4.76. The van der Waals surface area contributed by atoms with Gasteiger partial charge in [-0.25, -0.2) is 0 Å². The van der Waals surface area contributed by atoms with Crippen molar-refractivity contribution in [3.8, 4) is 0 Å². The number of anilines is 1. The average molecular weight is 378 g/mol. The van der Waals surface area contributed by atoms with Crippen molar-refractivity contribution in [2.45, 2.75) is 13.5 Å². The predicted octanol–water partition coefficient (Wildman–Crippen LogP) is 5.00. The van der Waals surface area contributed by atoms with Gasteiger partial charge < -0.3 is 9.88 Å². The SMILES string of the molecule is Cc1cc2ccccc2n1CC(=O)Nc1ccc(Br)c(Cl)c1. The highest BCUT2D eigenvalue weighted by atomic mass is 79.9. The number of nitrogens with one attached hydrogen (secondary N) is 1. The molecular weight excluding hydrogens is 364 g/mol. The summed E-state index contributed by atoms with van der Waals surface area (Å²) in [6.45, 7) is 2.27. The Balaban J connectivity index is 1.81. The number of rotatable bonds is 3. The largest absolute Gasteiger partial charge is 0.335 e. The molecule has 5 heteroatoms. The number of carbonyl (C=O) groups excluding carboxylic acids is 1. The fourth-order valence-corrected chi connectivity index (χ4v) is 2.90. The van der Waals surface area contributed by atoms with Crippen molar-refractivity contribution < 1.29 is 4.79 Å². The monoisotopic (exact) mass is 376 g/mol. The summed E-state index contributed by atoms with van der Waals surface area (Å²) in [5.41, 5.74) is 2.81. The van der Waals surface area contributed by atoms with E-state index >= 15 is 0 Å². The molecule has 22 heavy (non-hydrogen) atoms. The van der Waals surface area contributed by atoms with Gasteiger partial charge >= 0.3 is 0 Å². The Hall–Kier alpha value is -1.78. The number of halogens is 2. The molecule has 0 saturated heterocycles. The summed E-state index contributed by atoms with van der Waals surface area (Å²) in [6.07, 6.45) is 0. The lowest BCUT2D eigenvalue weighted by Gasteiger charge is -2.10. The molecule has 3 nitrogen and oxygen atoms in total. The molecule has 0 saturated carbocycles. The van der Waals surface area contributed by atoms with Crippen LogP contribution in [0.15, 0.2) is 53.0 Å². The molecular formula is C17H14BrClN2O. The van der Waals surface area contributed by atoms with Crippen LogP contribution in [0.5, 0.6) is 0 Å². The first-order valence-corrected chi connectivity index (χ1v) is 8.01. The van der Waals surface area contributed by atoms with E-state index in [2.05, 4.69) is 27.3 Å². The molecule has 1 N–H and O–H groups in total. The van der Waals surface area contributed by atoms with Crippen LogP contribution in [0.3, 0.4) is 0 Å². The van der Waals surface area contributed by atoms with E-state index in [0.29, 0.717) is 10.7 Å². The maximum absolute atomic E-state index is 12.3. The number of nitrogens with zero attached hydrogens (tertiary/aromatic N) is 1. The van der Waals surface area contributed by atoms with Crippen LogP contribution < -0.4 is 5.32 Å². The summed E-state index contributed by atoms with van der Waals surface area (Å²) >= 11 is 9.37. The third-order valence-electron chi connectivity index (χ3n) is 3.52. The van der Waals surface area contributed by atoms with Gasteiger partial charge in [-0.2, -0.15) is 0 Å². The van der Waals surface area contributed by atoms with Crippen molar-refractivity contribution in [1.29, 1.82) is 0 Å². The van der Waals surface area contributed by atoms with Crippen LogP contribution in [0.1, 0.15) is 5.69 Å². The molecule has 0 atom stereocenters. The molecule has 0 aliphatic rings. The highest BCUT2D eigenvalue weighted by Gasteiger charge is 2.10. The van der Waals surface area contributed by atoms with E-state index in [1.807, 2.05) is 47.9 Å². The number of hydrogen-bond donors (Lipinski definition) is 1. The molecule has 1 amide bonds. The summed E-state index contributed by atoms with van der Waals surface area (Å²) < 4.78 is 2.81. The molecule has 1 aromatic heterocycles. The quantitative estimate of drug-likeness (QED) is 0.684. The predicted molar refractivity (Wildman–Crippen MR) is 94.5 cm³/mol. The van der Waals surface area contributed by atoms with Crippen LogP contribution in [-0.4, -0.2) is 10.5 Å². The van der Waals surface area contributed by atoms with Gasteiger partial charge in [0.1, 0.15) is 6.54 Å². The van der Waals surface area contributed by atoms with Gasteiger partial charge in [0.05, 0.1) is 5.02 Å². The molecule has 112 valence electrons. The van der Waals surface area contributed by atoms with Crippen molar-refractivity contribution in [3.63, 3.8) is 0 Å². The zero-order valence-electron chi connectivity index (χ0n) is 11.9. The Bertz CT molecular complexity index is 857. The number of fused-ring (bicyclic) bond motifs is 1. The second-order valence-electron chi connectivity index (χ2n) is 5.11. The van der Waals surface area contributed by atoms with Crippen LogP contribution in [0, 0.1) is 6.92 Å². The Labute approximate surface area is 142 Å². The van der Waals surface area contributed by atoms with Gasteiger partial charge in [-0.1, -0.05) is 29.8 Å². The van der Waals surface area contributed by atoms with E-state index < -0.39 is 0 Å². The fourth-order valence-electron chi connectivity index (χ4n) is 2.48. The minimum atomic E-state index is -0.0807. The van der Waals surface area contributed by atoms with Gasteiger partial charge in [-0.05, 0) is 58.6 Å². The molecule has 0 aliphatic heterocycles. The Morgan fingerprint density at radius 3 is 2.77 bits per heavy atom. The maximum Gasteiger partial charge on any atom is 0.244 e. The summed E-state index contributed by atoms with van der Waals surface area (Å²) in [5, 5.41) is 4.58. The topological polar surface area (TPSA) is 34.0 Å². The third kappa shape index (κ3) is 3.03. The van der Waals surface area contributed by atoms with E-state index in [4.69, 9.17) is 11.6 Å². The van der Waals surface area contributed by atoms with Crippen LogP contribution in [0.4, 0.5) is 5.69 Å². The van der Waals surface area contributed by atoms with E-state index in [0.717, 1.165) is 21.1 Å². The number of amides is 1. The number of aryl methyl sites for hydroxylation is 1. The summed E-state index contributed by atoms with van der Waals surface area (Å²) in [6, 6.07) is 15.5. The summed E-state index contributed by atoms with van der Waals surface area (Å²) in [7, 11) is 0. The molecule has 0 bridgehead atoms. The van der Waals surface area contributed by atoms with Crippen molar-refractivity contribution in [2.24, 2.45) is 0 Å². The van der Waals surface area contributed by atoms with E-state index in [1.54, 1.807) is 6.07 Å². The molecule has 0 aliphatic carbocycles. The van der Waals surface area contributed by atoms with Crippen LogP contribution in [0.25, 0.3) is 10.9 Å². The second kappa shape index (κ2) is 6.15. The number of aromatic nitrogens is 1. The number of hydrogen-bond acceptors (Lipinski definition) is 1.